The lowest BCUT2D eigenvalue weighted by molar-refractivity contribution is -0.120. The number of H-pyrrole nitrogens is 1. The number of nitrogens with two attached hydrogens (primary N) is 1. The summed E-state index contributed by atoms with van der Waals surface area (Å²) in [5.41, 5.74) is 7.92. The van der Waals surface area contributed by atoms with E-state index in [1.807, 2.05) is 30.5 Å². The molecule has 0 radical (unpaired) electrons. The van der Waals surface area contributed by atoms with Gasteiger partial charge in [-0.15, -0.1) is 0 Å². The zero-order chi connectivity index (χ0) is 11.5. The first-order valence-electron chi connectivity index (χ1n) is 4.93. The Kier molecular flexibility index (Phi) is 3.45. The highest BCUT2D eigenvalue weighted by Crippen LogP contribution is 2.18. The molecule has 0 saturated carbocycles. The van der Waals surface area contributed by atoms with Crippen LogP contribution in [0.1, 0.15) is 5.56 Å². The van der Waals surface area contributed by atoms with Crippen molar-refractivity contribution < 1.29 is 4.79 Å². The van der Waals surface area contributed by atoms with E-state index >= 15 is 0 Å². The number of aromatic nitrogens is 1. The van der Waals surface area contributed by atoms with Gasteiger partial charge in [-0.3, -0.25) is 8.32 Å². The Bertz CT molecular complexity index is 509. The smallest absolute Gasteiger partial charge is 0.245 e. The number of fused-ring (bicyclic) bond motifs is 1. The van der Waals surface area contributed by atoms with Gasteiger partial charge in [0.1, 0.15) is 0 Å². The Balaban J connectivity index is 2.24. The van der Waals surface area contributed by atoms with Gasteiger partial charge < -0.3 is 10.7 Å². The van der Waals surface area contributed by atoms with Crippen LogP contribution in [-0.2, 0) is 11.2 Å². The van der Waals surface area contributed by atoms with Crippen LogP contribution in [0.15, 0.2) is 30.5 Å². The minimum absolute atomic E-state index is 0.147. The van der Waals surface area contributed by atoms with Crippen molar-refractivity contribution in [3.05, 3.63) is 36.0 Å². The van der Waals surface area contributed by atoms with Crippen molar-refractivity contribution in [2.45, 2.75) is 12.5 Å². The van der Waals surface area contributed by atoms with Gasteiger partial charge in [0.2, 0.25) is 5.91 Å². The van der Waals surface area contributed by atoms with Gasteiger partial charge in [-0.05, 0) is 18.1 Å². The normalized spacial score (nSPS) is 12.6. The number of hydrogen-bond acceptors (Lipinski definition) is 2. The van der Waals surface area contributed by atoms with Crippen molar-refractivity contribution in [3.8, 4) is 0 Å². The molecule has 2 aromatic rings. The predicted octanol–water partition coefficient (Wildman–Crippen LogP) is 1.50. The van der Waals surface area contributed by atoms with Gasteiger partial charge in [0.15, 0.2) is 0 Å². The fourth-order valence-corrected chi connectivity index (χ4v) is 2.10. The average Bonchev–Trinajstić information content (AvgIpc) is 2.72. The molecule has 84 valence electrons. The van der Waals surface area contributed by atoms with Crippen LogP contribution in [0.25, 0.3) is 10.9 Å². The van der Waals surface area contributed by atoms with E-state index in [0.29, 0.717) is 6.42 Å². The topological polar surface area (TPSA) is 70.9 Å². The number of amides is 1. The summed E-state index contributed by atoms with van der Waals surface area (Å²) < 4.78 is 2.52. The number of aromatic amines is 1. The van der Waals surface area contributed by atoms with Crippen LogP contribution < -0.4 is 9.26 Å². The van der Waals surface area contributed by atoms with Crippen molar-refractivity contribution in [1.29, 1.82) is 0 Å². The van der Waals surface area contributed by atoms with Crippen LogP contribution in [0, 0.1) is 0 Å². The molecular formula is C11H12IN3O. The third-order valence-electron chi connectivity index (χ3n) is 2.54. The van der Waals surface area contributed by atoms with Gasteiger partial charge in [-0.1, -0.05) is 18.2 Å². The molecular weight excluding hydrogens is 317 g/mol. The Morgan fingerprint density at radius 2 is 2.25 bits per heavy atom. The molecule has 0 aliphatic carbocycles. The van der Waals surface area contributed by atoms with Crippen molar-refractivity contribution >= 4 is 39.7 Å². The number of nitrogens with one attached hydrogen (secondary N) is 2. The van der Waals surface area contributed by atoms with Crippen LogP contribution >= 0.6 is 22.9 Å². The van der Waals surface area contributed by atoms with E-state index in [2.05, 4.69) is 8.51 Å². The highest BCUT2D eigenvalue weighted by atomic mass is 127. The first kappa shape index (κ1) is 11.4. The van der Waals surface area contributed by atoms with E-state index in [1.165, 1.54) is 0 Å². The largest absolute Gasteiger partial charge is 0.361 e. The Morgan fingerprint density at radius 1 is 1.50 bits per heavy atom. The second kappa shape index (κ2) is 4.84. The number of rotatable bonds is 3. The minimum Gasteiger partial charge on any atom is -0.361 e. The maximum absolute atomic E-state index is 11.3. The summed E-state index contributed by atoms with van der Waals surface area (Å²) in [4.78, 5) is 14.5. The molecule has 0 saturated heterocycles. The maximum atomic E-state index is 11.3. The van der Waals surface area contributed by atoms with E-state index < -0.39 is 6.04 Å². The Morgan fingerprint density at radius 3 is 3.00 bits per heavy atom. The molecule has 1 heterocycles. The molecule has 5 heteroatoms. The number of para-hydroxylation sites is 1. The summed E-state index contributed by atoms with van der Waals surface area (Å²) >= 11 is 1.80. The third-order valence-corrected chi connectivity index (χ3v) is 3.08. The molecule has 1 aromatic heterocycles. The summed E-state index contributed by atoms with van der Waals surface area (Å²) in [5.74, 6) is -0.147. The SMILES string of the molecule is NC(Cc1c[nH]c2ccccc12)C(=O)NI. The molecule has 2 rings (SSSR count). The third kappa shape index (κ3) is 2.19. The second-order valence-electron chi connectivity index (χ2n) is 3.63. The number of carbonyl (C=O) groups is 1. The first-order valence-corrected chi connectivity index (χ1v) is 6.01. The van der Waals surface area contributed by atoms with Crippen molar-refractivity contribution in [1.82, 2.24) is 8.51 Å². The van der Waals surface area contributed by atoms with Crippen LogP contribution in [0.3, 0.4) is 0 Å². The van der Waals surface area contributed by atoms with E-state index in [1.54, 1.807) is 22.9 Å². The molecule has 1 unspecified atom stereocenters. The number of halogens is 1. The Labute approximate surface area is 107 Å². The van der Waals surface area contributed by atoms with Gasteiger partial charge >= 0.3 is 0 Å². The van der Waals surface area contributed by atoms with Crippen LogP contribution in [0.4, 0.5) is 0 Å². The number of hydrogen-bond donors (Lipinski definition) is 3. The lowest BCUT2D eigenvalue weighted by Gasteiger charge is -2.07. The molecule has 0 aliphatic rings. The van der Waals surface area contributed by atoms with E-state index in [9.17, 15) is 4.79 Å². The molecule has 0 spiro atoms. The monoisotopic (exact) mass is 329 g/mol. The van der Waals surface area contributed by atoms with Crippen molar-refractivity contribution in [2.75, 3.05) is 0 Å². The van der Waals surface area contributed by atoms with Gasteiger partial charge in [0.05, 0.1) is 28.9 Å². The highest BCUT2D eigenvalue weighted by Gasteiger charge is 2.14. The van der Waals surface area contributed by atoms with E-state index in [-0.39, 0.29) is 5.91 Å². The fraction of sp³-hybridized carbons (Fsp3) is 0.182. The van der Waals surface area contributed by atoms with Crippen molar-refractivity contribution in [2.24, 2.45) is 5.73 Å². The molecule has 1 atom stereocenters. The van der Waals surface area contributed by atoms with Crippen molar-refractivity contribution in [3.63, 3.8) is 0 Å². The Hall–Kier alpha value is -1.08. The van der Waals surface area contributed by atoms with Gasteiger partial charge in [0, 0.05) is 17.1 Å². The van der Waals surface area contributed by atoms with Gasteiger partial charge in [-0.2, -0.15) is 0 Å². The van der Waals surface area contributed by atoms with Crippen LogP contribution in [0.5, 0.6) is 0 Å². The zero-order valence-electron chi connectivity index (χ0n) is 8.53. The summed E-state index contributed by atoms with van der Waals surface area (Å²) in [7, 11) is 0. The first-order chi connectivity index (χ1) is 7.72. The lowest BCUT2D eigenvalue weighted by atomic mass is 10.1. The standard InChI is InChI=1S/C11H12IN3O/c12-15-11(16)9(13)5-7-6-14-10-4-2-1-3-8(7)10/h1-4,6,9,14H,5,13H2,(H,15,16). The molecule has 4 nitrogen and oxygen atoms in total. The lowest BCUT2D eigenvalue weighted by Crippen LogP contribution is -2.37. The molecule has 4 N–H and O–H groups in total. The molecule has 0 fully saturated rings. The van der Waals surface area contributed by atoms with Gasteiger partial charge in [0.25, 0.3) is 0 Å². The quantitative estimate of drug-likeness (QED) is 0.590. The van der Waals surface area contributed by atoms with Gasteiger partial charge in [-0.25, -0.2) is 0 Å². The summed E-state index contributed by atoms with van der Waals surface area (Å²) in [6.45, 7) is 0. The second-order valence-corrected chi connectivity index (χ2v) is 4.17. The van der Waals surface area contributed by atoms with Crippen LogP contribution in [-0.4, -0.2) is 16.9 Å². The summed E-state index contributed by atoms with van der Waals surface area (Å²) in [6, 6.07) is 7.47. The predicted molar refractivity (Wildman–Crippen MR) is 72.1 cm³/mol. The average molecular weight is 329 g/mol. The molecule has 1 aromatic carbocycles. The molecule has 1 amide bonds. The molecule has 0 aliphatic heterocycles. The number of benzene rings is 1. The highest BCUT2D eigenvalue weighted by molar-refractivity contribution is 14.1. The van der Waals surface area contributed by atoms with Crippen LogP contribution in [0.2, 0.25) is 0 Å². The number of carbonyl (C=O) groups excluding carboxylic acids is 1. The zero-order valence-corrected chi connectivity index (χ0v) is 10.7. The van der Waals surface area contributed by atoms with E-state index in [4.69, 9.17) is 5.73 Å². The fourth-order valence-electron chi connectivity index (χ4n) is 1.70. The summed E-state index contributed by atoms with van der Waals surface area (Å²) in [5, 5.41) is 1.12. The molecule has 0 bridgehead atoms. The maximum Gasteiger partial charge on any atom is 0.245 e. The molecule has 16 heavy (non-hydrogen) atoms. The van der Waals surface area contributed by atoms with E-state index in [0.717, 1.165) is 16.5 Å². The summed E-state index contributed by atoms with van der Waals surface area (Å²) in [6.07, 6.45) is 2.45. The minimum atomic E-state index is -0.504.